The minimum atomic E-state index is -2.86. The van der Waals surface area contributed by atoms with Gasteiger partial charge in [0.2, 0.25) is 0 Å². The van der Waals surface area contributed by atoms with E-state index in [9.17, 15) is 8.42 Å². The summed E-state index contributed by atoms with van der Waals surface area (Å²) in [5.74, 6) is 0.412. The molecule has 1 heterocycles. The number of rotatable bonds is 7. The van der Waals surface area contributed by atoms with E-state index in [1.54, 1.807) is 13.1 Å². The standard InChI is InChI=1S/C10H19N3O2S/c1-3-16(14,15)8-6-11-10(2)9-13-7-4-5-12-13/h4-5,7,10-11H,3,6,8-9H2,1-2H3. The van der Waals surface area contributed by atoms with Crippen molar-refractivity contribution in [1.29, 1.82) is 0 Å². The fourth-order valence-electron chi connectivity index (χ4n) is 1.36. The van der Waals surface area contributed by atoms with E-state index in [0.717, 1.165) is 6.54 Å². The lowest BCUT2D eigenvalue weighted by Crippen LogP contribution is -2.34. The predicted octanol–water partition coefficient (Wildman–Crippen LogP) is 0.296. The normalized spacial score (nSPS) is 13.9. The van der Waals surface area contributed by atoms with Crippen LogP contribution in [0.25, 0.3) is 0 Å². The summed E-state index contributed by atoms with van der Waals surface area (Å²) < 4.78 is 24.3. The van der Waals surface area contributed by atoms with Crippen molar-refractivity contribution in [2.45, 2.75) is 26.4 Å². The highest BCUT2D eigenvalue weighted by molar-refractivity contribution is 7.91. The topological polar surface area (TPSA) is 64.0 Å². The van der Waals surface area contributed by atoms with Crippen LogP contribution in [0, 0.1) is 0 Å². The first kappa shape index (κ1) is 13.2. The van der Waals surface area contributed by atoms with E-state index in [-0.39, 0.29) is 17.5 Å². The molecule has 92 valence electrons. The molecule has 1 aromatic heterocycles. The van der Waals surface area contributed by atoms with Crippen LogP contribution in [0.3, 0.4) is 0 Å². The molecule has 0 radical (unpaired) electrons. The molecular weight excluding hydrogens is 226 g/mol. The van der Waals surface area contributed by atoms with Gasteiger partial charge in [0.15, 0.2) is 9.84 Å². The minimum absolute atomic E-state index is 0.201. The fraction of sp³-hybridized carbons (Fsp3) is 0.700. The van der Waals surface area contributed by atoms with E-state index in [4.69, 9.17) is 0 Å². The average Bonchev–Trinajstić information content (AvgIpc) is 2.70. The second-order valence-corrected chi connectivity index (χ2v) is 6.29. The maximum Gasteiger partial charge on any atom is 0.151 e. The first-order valence-corrected chi connectivity index (χ1v) is 7.27. The van der Waals surface area contributed by atoms with Gasteiger partial charge in [0.1, 0.15) is 0 Å². The summed E-state index contributed by atoms with van der Waals surface area (Å²) >= 11 is 0. The molecule has 0 aliphatic carbocycles. The van der Waals surface area contributed by atoms with E-state index in [1.165, 1.54) is 0 Å². The van der Waals surface area contributed by atoms with Crippen LogP contribution in [-0.2, 0) is 16.4 Å². The molecule has 16 heavy (non-hydrogen) atoms. The quantitative estimate of drug-likeness (QED) is 0.750. The van der Waals surface area contributed by atoms with Gasteiger partial charge in [-0.15, -0.1) is 0 Å². The van der Waals surface area contributed by atoms with Crippen molar-refractivity contribution >= 4 is 9.84 Å². The molecule has 0 saturated carbocycles. The van der Waals surface area contributed by atoms with Crippen LogP contribution >= 0.6 is 0 Å². The fourth-order valence-corrected chi connectivity index (χ4v) is 2.08. The van der Waals surface area contributed by atoms with Crippen LogP contribution in [0.1, 0.15) is 13.8 Å². The molecule has 6 heteroatoms. The molecule has 1 rings (SSSR count). The Morgan fingerprint density at radius 1 is 1.50 bits per heavy atom. The van der Waals surface area contributed by atoms with Gasteiger partial charge >= 0.3 is 0 Å². The molecule has 0 saturated heterocycles. The molecule has 1 atom stereocenters. The smallest absolute Gasteiger partial charge is 0.151 e. The zero-order valence-electron chi connectivity index (χ0n) is 9.76. The summed E-state index contributed by atoms with van der Waals surface area (Å²) in [6, 6.07) is 2.08. The van der Waals surface area contributed by atoms with Gasteiger partial charge in [-0.05, 0) is 13.0 Å². The van der Waals surface area contributed by atoms with Crippen molar-refractivity contribution < 1.29 is 8.42 Å². The summed E-state index contributed by atoms with van der Waals surface area (Å²) in [5.41, 5.74) is 0. The SMILES string of the molecule is CCS(=O)(=O)CCNC(C)Cn1cccn1. The number of nitrogens with one attached hydrogen (secondary N) is 1. The molecule has 1 aromatic rings. The number of aromatic nitrogens is 2. The van der Waals surface area contributed by atoms with E-state index in [0.29, 0.717) is 6.54 Å². The second kappa shape index (κ2) is 6.00. The van der Waals surface area contributed by atoms with E-state index < -0.39 is 9.84 Å². The monoisotopic (exact) mass is 245 g/mol. The van der Waals surface area contributed by atoms with Gasteiger partial charge in [0, 0.05) is 30.7 Å². The van der Waals surface area contributed by atoms with Crippen molar-refractivity contribution in [2.75, 3.05) is 18.1 Å². The van der Waals surface area contributed by atoms with Gasteiger partial charge in [-0.2, -0.15) is 5.10 Å². The maximum atomic E-state index is 11.2. The summed E-state index contributed by atoms with van der Waals surface area (Å²) in [7, 11) is -2.86. The predicted molar refractivity (Wildman–Crippen MR) is 64.0 cm³/mol. The Kier molecular flexibility index (Phi) is 4.95. The number of nitrogens with zero attached hydrogens (tertiary/aromatic N) is 2. The van der Waals surface area contributed by atoms with Crippen LogP contribution in [-0.4, -0.2) is 42.3 Å². The van der Waals surface area contributed by atoms with Gasteiger partial charge in [-0.3, -0.25) is 4.68 Å². The Hall–Kier alpha value is -0.880. The lowest BCUT2D eigenvalue weighted by molar-refractivity contribution is 0.461. The molecule has 0 aliphatic heterocycles. The summed E-state index contributed by atoms with van der Waals surface area (Å²) in [4.78, 5) is 0. The van der Waals surface area contributed by atoms with Crippen LogP contribution < -0.4 is 5.32 Å². The van der Waals surface area contributed by atoms with E-state index >= 15 is 0 Å². The molecule has 0 spiro atoms. The van der Waals surface area contributed by atoms with Crippen LogP contribution in [0.5, 0.6) is 0 Å². The zero-order chi connectivity index (χ0) is 12.0. The highest BCUT2D eigenvalue weighted by Crippen LogP contribution is 1.92. The van der Waals surface area contributed by atoms with Gasteiger partial charge in [-0.25, -0.2) is 8.42 Å². The Morgan fingerprint density at radius 3 is 2.81 bits per heavy atom. The summed E-state index contributed by atoms with van der Waals surface area (Å²) in [6.07, 6.45) is 3.62. The van der Waals surface area contributed by atoms with Gasteiger partial charge < -0.3 is 5.32 Å². The molecular formula is C10H19N3O2S. The molecule has 0 fully saturated rings. The van der Waals surface area contributed by atoms with Crippen molar-refractivity contribution in [2.24, 2.45) is 0 Å². The Labute approximate surface area is 96.8 Å². The largest absolute Gasteiger partial charge is 0.311 e. The lowest BCUT2D eigenvalue weighted by Gasteiger charge is -2.13. The molecule has 0 aromatic carbocycles. The van der Waals surface area contributed by atoms with Crippen LogP contribution in [0.4, 0.5) is 0 Å². The molecule has 5 nitrogen and oxygen atoms in total. The number of hydrogen-bond donors (Lipinski definition) is 1. The van der Waals surface area contributed by atoms with Crippen molar-refractivity contribution in [3.05, 3.63) is 18.5 Å². The zero-order valence-corrected chi connectivity index (χ0v) is 10.6. The molecule has 0 amide bonds. The van der Waals surface area contributed by atoms with Gasteiger partial charge in [0.25, 0.3) is 0 Å². The molecule has 0 bridgehead atoms. The van der Waals surface area contributed by atoms with Gasteiger partial charge in [0.05, 0.1) is 12.3 Å². The highest BCUT2D eigenvalue weighted by atomic mass is 32.2. The third kappa shape index (κ3) is 4.76. The first-order chi connectivity index (χ1) is 7.53. The lowest BCUT2D eigenvalue weighted by atomic mass is 10.3. The minimum Gasteiger partial charge on any atom is -0.311 e. The first-order valence-electron chi connectivity index (χ1n) is 5.44. The number of hydrogen-bond acceptors (Lipinski definition) is 4. The van der Waals surface area contributed by atoms with Crippen molar-refractivity contribution in [3.63, 3.8) is 0 Å². The van der Waals surface area contributed by atoms with Crippen LogP contribution in [0.15, 0.2) is 18.5 Å². The van der Waals surface area contributed by atoms with Gasteiger partial charge in [-0.1, -0.05) is 6.92 Å². The molecule has 0 aliphatic rings. The van der Waals surface area contributed by atoms with Crippen LogP contribution in [0.2, 0.25) is 0 Å². The highest BCUT2D eigenvalue weighted by Gasteiger charge is 2.08. The third-order valence-corrected chi connectivity index (χ3v) is 4.07. The Morgan fingerprint density at radius 2 is 2.25 bits per heavy atom. The van der Waals surface area contributed by atoms with E-state index in [1.807, 2.05) is 23.9 Å². The molecule has 1 N–H and O–H groups in total. The maximum absolute atomic E-state index is 11.2. The Balaban J connectivity index is 2.23. The molecule has 1 unspecified atom stereocenters. The van der Waals surface area contributed by atoms with Crippen molar-refractivity contribution in [3.8, 4) is 0 Å². The summed E-state index contributed by atoms with van der Waals surface area (Å²) in [6.45, 7) is 4.93. The number of sulfone groups is 1. The third-order valence-electron chi connectivity index (χ3n) is 2.37. The van der Waals surface area contributed by atoms with Crippen molar-refractivity contribution in [1.82, 2.24) is 15.1 Å². The van der Waals surface area contributed by atoms with E-state index in [2.05, 4.69) is 10.4 Å². The average molecular weight is 245 g/mol. The Bertz CT molecular complexity index is 386. The summed E-state index contributed by atoms with van der Waals surface area (Å²) in [5, 5.41) is 7.26. The second-order valence-electron chi connectivity index (χ2n) is 3.82.